The maximum absolute atomic E-state index is 12.8. The summed E-state index contributed by atoms with van der Waals surface area (Å²) in [5, 5.41) is 3.38. The molecular formula is C13H20FN. The van der Waals surface area contributed by atoms with E-state index in [1.807, 2.05) is 13.0 Å². The van der Waals surface area contributed by atoms with Crippen molar-refractivity contribution in [1.29, 1.82) is 0 Å². The molecule has 0 aromatic heterocycles. The van der Waals surface area contributed by atoms with Crippen LogP contribution in [0.25, 0.3) is 0 Å². The van der Waals surface area contributed by atoms with Crippen molar-refractivity contribution in [2.24, 2.45) is 5.92 Å². The van der Waals surface area contributed by atoms with Crippen LogP contribution in [0.15, 0.2) is 18.2 Å². The third kappa shape index (κ3) is 4.43. The molecule has 0 amide bonds. The van der Waals surface area contributed by atoms with Crippen LogP contribution in [0, 0.1) is 18.7 Å². The van der Waals surface area contributed by atoms with E-state index in [0.717, 1.165) is 25.1 Å². The summed E-state index contributed by atoms with van der Waals surface area (Å²) in [5.41, 5.74) is 2.27. The van der Waals surface area contributed by atoms with E-state index in [4.69, 9.17) is 0 Å². The average Bonchev–Trinajstić information content (AvgIpc) is 2.14. The molecule has 0 radical (unpaired) electrons. The molecule has 15 heavy (non-hydrogen) atoms. The molecule has 0 saturated heterocycles. The standard InChI is InChI=1S/C13H20FN/c1-10(2)9-15-7-6-12-4-5-13(14)8-11(12)3/h4-5,8,10,15H,6-7,9H2,1-3H3. The van der Waals surface area contributed by atoms with Gasteiger partial charge in [-0.2, -0.15) is 0 Å². The summed E-state index contributed by atoms with van der Waals surface area (Å²) < 4.78 is 12.8. The number of halogens is 1. The quantitative estimate of drug-likeness (QED) is 0.735. The zero-order chi connectivity index (χ0) is 11.3. The van der Waals surface area contributed by atoms with Crippen LogP contribution in [-0.4, -0.2) is 13.1 Å². The molecule has 0 heterocycles. The van der Waals surface area contributed by atoms with Crippen LogP contribution in [0.1, 0.15) is 25.0 Å². The summed E-state index contributed by atoms with van der Waals surface area (Å²) >= 11 is 0. The van der Waals surface area contributed by atoms with Crippen LogP contribution in [-0.2, 0) is 6.42 Å². The number of aryl methyl sites for hydroxylation is 1. The van der Waals surface area contributed by atoms with Crippen molar-refractivity contribution < 1.29 is 4.39 Å². The Balaban J connectivity index is 2.37. The fourth-order valence-corrected chi connectivity index (χ4v) is 1.55. The Morgan fingerprint density at radius 3 is 2.67 bits per heavy atom. The van der Waals surface area contributed by atoms with E-state index in [1.165, 1.54) is 11.6 Å². The fourth-order valence-electron chi connectivity index (χ4n) is 1.55. The second kappa shape index (κ2) is 5.86. The number of hydrogen-bond acceptors (Lipinski definition) is 1. The summed E-state index contributed by atoms with van der Waals surface area (Å²) in [6, 6.07) is 5.00. The van der Waals surface area contributed by atoms with Gasteiger partial charge in [0.1, 0.15) is 5.82 Å². The lowest BCUT2D eigenvalue weighted by Crippen LogP contribution is -2.22. The third-order valence-corrected chi connectivity index (χ3v) is 2.43. The summed E-state index contributed by atoms with van der Waals surface area (Å²) in [6.45, 7) is 8.35. The van der Waals surface area contributed by atoms with Gasteiger partial charge >= 0.3 is 0 Å². The molecule has 0 saturated carbocycles. The van der Waals surface area contributed by atoms with Gasteiger partial charge in [-0.3, -0.25) is 0 Å². The van der Waals surface area contributed by atoms with E-state index in [1.54, 1.807) is 6.07 Å². The lowest BCUT2D eigenvalue weighted by atomic mass is 10.1. The molecule has 1 rings (SSSR count). The van der Waals surface area contributed by atoms with Crippen LogP contribution in [0.2, 0.25) is 0 Å². The third-order valence-electron chi connectivity index (χ3n) is 2.43. The fraction of sp³-hybridized carbons (Fsp3) is 0.538. The van der Waals surface area contributed by atoms with E-state index >= 15 is 0 Å². The van der Waals surface area contributed by atoms with Gasteiger partial charge in [0.2, 0.25) is 0 Å². The van der Waals surface area contributed by atoms with Crippen LogP contribution < -0.4 is 5.32 Å². The second-order valence-corrected chi connectivity index (χ2v) is 4.42. The Labute approximate surface area is 91.7 Å². The predicted molar refractivity (Wildman–Crippen MR) is 62.5 cm³/mol. The first-order valence-electron chi connectivity index (χ1n) is 5.55. The Kier molecular flexibility index (Phi) is 4.76. The van der Waals surface area contributed by atoms with Gasteiger partial charge in [-0.05, 0) is 55.6 Å². The van der Waals surface area contributed by atoms with Gasteiger partial charge in [0.05, 0.1) is 0 Å². The van der Waals surface area contributed by atoms with E-state index in [0.29, 0.717) is 5.92 Å². The van der Waals surface area contributed by atoms with Gasteiger partial charge in [0, 0.05) is 0 Å². The van der Waals surface area contributed by atoms with Gasteiger partial charge in [-0.15, -0.1) is 0 Å². The molecule has 0 aliphatic carbocycles. The lowest BCUT2D eigenvalue weighted by Gasteiger charge is -2.09. The summed E-state index contributed by atoms with van der Waals surface area (Å²) in [6.07, 6.45) is 0.971. The van der Waals surface area contributed by atoms with Crippen molar-refractivity contribution in [2.75, 3.05) is 13.1 Å². The predicted octanol–water partition coefficient (Wildman–Crippen LogP) is 2.92. The number of benzene rings is 1. The van der Waals surface area contributed by atoms with E-state index in [2.05, 4.69) is 19.2 Å². The maximum atomic E-state index is 12.8. The maximum Gasteiger partial charge on any atom is 0.123 e. The minimum Gasteiger partial charge on any atom is -0.316 e. The Morgan fingerprint density at radius 2 is 2.07 bits per heavy atom. The first-order valence-corrected chi connectivity index (χ1v) is 5.55. The highest BCUT2D eigenvalue weighted by Gasteiger charge is 2.00. The summed E-state index contributed by atoms with van der Waals surface area (Å²) in [4.78, 5) is 0. The molecule has 0 aliphatic heterocycles. The zero-order valence-electron chi connectivity index (χ0n) is 9.81. The molecule has 1 nitrogen and oxygen atoms in total. The van der Waals surface area contributed by atoms with Crippen molar-refractivity contribution in [3.8, 4) is 0 Å². The van der Waals surface area contributed by atoms with Crippen molar-refractivity contribution >= 4 is 0 Å². The number of rotatable bonds is 5. The molecule has 0 aliphatic rings. The first-order chi connectivity index (χ1) is 7.09. The van der Waals surface area contributed by atoms with Crippen molar-refractivity contribution in [2.45, 2.75) is 27.2 Å². The monoisotopic (exact) mass is 209 g/mol. The van der Waals surface area contributed by atoms with Crippen molar-refractivity contribution in [3.63, 3.8) is 0 Å². The Bertz CT molecular complexity index is 307. The highest BCUT2D eigenvalue weighted by molar-refractivity contribution is 5.26. The minimum absolute atomic E-state index is 0.147. The van der Waals surface area contributed by atoms with Gasteiger partial charge < -0.3 is 5.32 Å². The molecule has 1 aromatic carbocycles. The molecule has 1 aromatic rings. The molecule has 1 N–H and O–H groups in total. The average molecular weight is 209 g/mol. The largest absolute Gasteiger partial charge is 0.316 e. The van der Waals surface area contributed by atoms with Crippen LogP contribution in [0.5, 0.6) is 0 Å². The molecule has 0 atom stereocenters. The normalized spacial score (nSPS) is 11.0. The molecule has 0 unspecified atom stereocenters. The first kappa shape index (κ1) is 12.2. The minimum atomic E-state index is -0.147. The molecule has 0 spiro atoms. The Hall–Kier alpha value is -0.890. The van der Waals surface area contributed by atoms with E-state index in [9.17, 15) is 4.39 Å². The highest BCUT2D eigenvalue weighted by atomic mass is 19.1. The van der Waals surface area contributed by atoms with Gasteiger partial charge in [0.25, 0.3) is 0 Å². The van der Waals surface area contributed by atoms with Gasteiger partial charge in [-0.25, -0.2) is 4.39 Å². The molecule has 84 valence electrons. The van der Waals surface area contributed by atoms with Crippen molar-refractivity contribution in [3.05, 3.63) is 35.1 Å². The lowest BCUT2D eigenvalue weighted by molar-refractivity contribution is 0.553. The zero-order valence-corrected chi connectivity index (χ0v) is 9.81. The van der Waals surface area contributed by atoms with E-state index in [-0.39, 0.29) is 5.82 Å². The van der Waals surface area contributed by atoms with Crippen LogP contribution in [0.4, 0.5) is 4.39 Å². The Morgan fingerprint density at radius 1 is 1.33 bits per heavy atom. The topological polar surface area (TPSA) is 12.0 Å². The second-order valence-electron chi connectivity index (χ2n) is 4.42. The summed E-state index contributed by atoms with van der Waals surface area (Å²) in [5.74, 6) is 0.533. The van der Waals surface area contributed by atoms with Gasteiger partial charge in [-0.1, -0.05) is 19.9 Å². The molecular weight excluding hydrogens is 189 g/mol. The van der Waals surface area contributed by atoms with Crippen LogP contribution in [0.3, 0.4) is 0 Å². The van der Waals surface area contributed by atoms with Crippen molar-refractivity contribution in [1.82, 2.24) is 5.32 Å². The van der Waals surface area contributed by atoms with Crippen LogP contribution >= 0.6 is 0 Å². The molecule has 0 fully saturated rings. The number of hydrogen-bond donors (Lipinski definition) is 1. The molecule has 2 heteroatoms. The summed E-state index contributed by atoms with van der Waals surface area (Å²) in [7, 11) is 0. The van der Waals surface area contributed by atoms with Gasteiger partial charge in [0.15, 0.2) is 0 Å². The molecule has 0 bridgehead atoms. The highest BCUT2D eigenvalue weighted by Crippen LogP contribution is 2.10. The smallest absolute Gasteiger partial charge is 0.123 e. The SMILES string of the molecule is Cc1cc(F)ccc1CCNCC(C)C. The van der Waals surface area contributed by atoms with E-state index < -0.39 is 0 Å². The number of nitrogens with one attached hydrogen (secondary N) is 1.